The number of nitrogens with one attached hydrogen (secondary N) is 1. The van der Waals surface area contributed by atoms with Gasteiger partial charge in [-0.15, -0.1) is 10.2 Å². The first-order valence-corrected chi connectivity index (χ1v) is 7.14. The molecule has 0 spiro atoms. The topological polar surface area (TPSA) is 81.7 Å². The molecule has 0 aliphatic carbocycles. The third-order valence-corrected chi connectivity index (χ3v) is 3.49. The SMILES string of the molecule is Cc1nnc([C@H](C)N[C@@H](C)c2ccc(-n3cncn3)cc2)o1. The first-order valence-electron chi connectivity index (χ1n) is 7.14. The average molecular weight is 298 g/mol. The van der Waals surface area contributed by atoms with Crippen LogP contribution in [-0.2, 0) is 0 Å². The molecule has 2 heterocycles. The third kappa shape index (κ3) is 3.04. The molecule has 0 saturated heterocycles. The summed E-state index contributed by atoms with van der Waals surface area (Å²) in [6, 6.07) is 8.33. The molecule has 7 nitrogen and oxygen atoms in total. The molecule has 0 aliphatic heterocycles. The second-order valence-corrected chi connectivity index (χ2v) is 5.20. The predicted octanol–water partition coefficient (Wildman–Crippen LogP) is 2.37. The van der Waals surface area contributed by atoms with Gasteiger partial charge in [0.1, 0.15) is 12.7 Å². The fourth-order valence-electron chi connectivity index (χ4n) is 2.29. The van der Waals surface area contributed by atoms with Gasteiger partial charge in [-0.3, -0.25) is 5.32 Å². The first-order chi connectivity index (χ1) is 10.6. The highest BCUT2D eigenvalue weighted by atomic mass is 16.4. The maximum atomic E-state index is 5.45. The van der Waals surface area contributed by atoms with Crippen LogP contribution in [0.15, 0.2) is 41.3 Å². The molecule has 3 rings (SSSR count). The first kappa shape index (κ1) is 14.4. The van der Waals surface area contributed by atoms with Gasteiger partial charge in [-0.1, -0.05) is 12.1 Å². The second kappa shape index (κ2) is 6.07. The van der Waals surface area contributed by atoms with Crippen LogP contribution in [0.3, 0.4) is 0 Å². The van der Waals surface area contributed by atoms with Crippen molar-refractivity contribution in [3.05, 3.63) is 54.3 Å². The van der Waals surface area contributed by atoms with E-state index in [9.17, 15) is 0 Å². The van der Waals surface area contributed by atoms with Crippen molar-refractivity contribution in [1.29, 1.82) is 0 Å². The van der Waals surface area contributed by atoms with E-state index in [0.29, 0.717) is 11.8 Å². The molecule has 0 radical (unpaired) electrons. The largest absolute Gasteiger partial charge is 0.424 e. The van der Waals surface area contributed by atoms with Crippen molar-refractivity contribution >= 4 is 0 Å². The molecule has 2 atom stereocenters. The molecule has 0 unspecified atom stereocenters. The lowest BCUT2D eigenvalue weighted by Gasteiger charge is -2.18. The van der Waals surface area contributed by atoms with Crippen LogP contribution < -0.4 is 5.32 Å². The Morgan fingerprint density at radius 1 is 1.09 bits per heavy atom. The molecule has 1 aromatic carbocycles. The van der Waals surface area contributed by atoms with E-state index in [0.717, 1.165) is 5.69 Å². The van der Waals surface area contributed by atoms with E-state index in [1.165, 1.54) is 11.9 Å². The zero-order chi connectivity index (χ0) is 15.5. The van der Waals surface area contributed by atoms with Gasteiger partial charge in [0.15, 0.2) is 0 Å². The van der Waals surface area contributed by atoms with Gasteiger partial charge in [-0.25, -0.2) is 9.67 Å². The van der Waals surface area contributed by atoms with E-state index in [2.05, 4.69) is 44.7 Å². The highest BCUT2D eigenvalue weighted by Gasteiger charge is 2.16. The summed E-state index contributed by atoms with van der Waals surface area (Å²) in [5.41, 5.74) is 2.15. The standard InChI is InChI=1S/C15H18N6O/c1-10(18-11(2)15-20-19-12(3)22-15)13-4-6-14(7-5-13)21-9-16-8-17-21/h4-11,18H,1-3H3/t10-,11-/m0/s1. The molecule has 0 amide bonds. The van der Waals surface area contributed by atoms with Crippen molar-refractivity contribution in [3.63, 3.8) is 0 Å². The summed E-state index contributed by atoms with van der Waals surface area (Å²) in [6.07, 6.45) is 3.20. The Hall–Kier alpha value is -2.54. The maximum Gasteiger partial charge on any atom is 0.233 e. The summed E-state index contributed by atoms with van der Waals surface area (Å²) in [7, 11) is 0. The van der Waals surface area contributed by atoms with E-state index in [4.69, 9.17) is 4.42 Å². The molecule has 0 bridgehead atoms. The Balaban J connectivity index is 1.68. The highest BCUT2D eigenvalue weighted by Crippen LogP contribution is 2.19. The van der Waals surface area contributed by atoms with Crippen LogP contribution in [0.4, 0.5) is 0 Å². The average Bonchev–Trinajstić information content (AvgIpc) is 3.18. The summed E-state index contributed by atoms with van der Waals surface area (Å²) in [6.45, 7) is 5.90. The van der Waals surface area contributed by atoms with Gasteiger partial charge < -0.3 is 4.42 Å². The molecule has 7 heteroatoms. The Kier molecular flexibility index (Phi) is 3.97. The number of hydrogen-bond acceptors (Lipinski definition) is 6. The molecule has 1 N–H and O–H groups in total. The molecule has 0 saturated carbocycles. The Bertz CT molecular complexity index is 719. The summed E-state index contributed by atoms with van der Waals surface area (Å²) in [5.74, 6) is 1.18. The maximum absolute atomic E-state index is 5.45. The number of nitrogens with zero attached hydrogens (tertiary/aromatic N) is 5. The van der Waals surface area contributed by atoms with Gasteiger partial charge >= 0.3 is 0 Å². The fraction of sp³-hybridized carbons (Fsp3) is 0.333. The van der Waals surface area contributed by atoms with Gasteiger partial charge in [0, 0.05) is 13.0 Å². The monoisotopic (exact) mass is 298 g/mol. The van der Waals surface area contributed by atoms with E-state index >= 15 is 0 Å². The number of aryl methyl sites for hydroxylation is 1. The Morgan fingerprint density at radius 3 is 2.45 bits per heavy atom. The molecule has 3 aromatic rings. The molecule has 114 valence electrons. The number of hydrogen-bond donors (Lipinski definition) is 1. The molecule has 22 heavy (non-hydrogen) atoms. The normalized spacial score (nSPS) is 14.0. The Labute approximate surface area is 128 Å². The van der Waals surface area contributed by atoms with Crippen LogP contribution in [0.1, 0.15) is 43.3 Å². The highest BCUT2D eigenvalue weighted by molar-refractivity contribution is 5.34. The van der Waals surface area contributed by atoms with Gasteiger partial charge in [0.25, 0.3) is 0 Å². The zero-order valence-electron chi connectivity index (χ0n) is 12.8. The Morgan fingerprint density at radius 2 is 1.86 bits per heavy atom. The van der Waals surface area contributed by atoms with Crippen molar-refractivity contribution in [1.82, 2.24) is 30.3 Å². The fourth-order valence-corrected chi connectivity index (χ4v) is 2.29. The van der Waals surface area contributed by atoms with Crippen LogP contribution in [0.2, 0.25) is 0 Å². The van der Waals surface area contributed by atoms with Gasteiger partial charge in [0.2, 0.25) is 11.8 Å². The van der Waals surface area contributed by atoms with E-state index in [-0.39, 0.29) is 12.1 Å². The van der Waals surface area contributed by atoms with Crippen molar-refractivity contribution in [3.8, 4) is 5.69 Å². The molecule has 2 aromatic heterocycles. The van der Waals surface area contributed by atoms with E-state index in [1.807, 2.05) is 19.1 Å². The lowest BCUT2D eigenvalue weighted by atomic mass is 10.1. The lowest BCUT2D eigenvalue weighted by molar-refractivity contribution is 0.380. The number of benzene rings is 1. The van der Waals surface area contributed by atoms with Crippen LogP contribution in [0.25, 0.3) is 5.69 Å². The minimum Gasteiger partial charge on any atom is -0.424 e. The molecular weight excluding hydrogens is 280 g/mol. The van der Waals surface area contributed by atoms with Crippen LogP contribution in [-0.4, -0.2) is 25.0 Å². The van der Waals surface area contributed by atoms with Crippen molar-refractivity contribution in [2.24, 2.45) is 0 Å². The third-order valence-electron chi connectivity index (χ3n) is 3.49. The van der Waals surface area contributed by atoms with Crippen LogP contribution in [0, 0.1) is 6.92 Å². The summed E-state index contributed by atoms with van der Waals surface area (Å²) in [4.78, 5) is 3.95. The minimum absolute atomic E-state index is 0.00816. The van der Waals surface area contributed by atoms with E-state index in [1.54, 1.807) is 17.9 Å². The molecular formula is C15H18N6O. The van der Waals surface area contributed by atoms with Crippen LogP contribution >= 0.6 is 0 Å². The minimum atomic E-state index is -0.00816. The zero-order valence-corrected chi connectivity index (χ0v) is 12.8. The summed E-state index contributed by atoms with van der Waals surface area (Å²) < 4.78 is 7.17. The van der Waals surface area contributed by atoms with Crippen molar-refractivity contribution in [2.45, 2.75) is 32.9 Å². The number of aromatic nitrogens is 5. The lowest BCUT2D eigenvalue weighted by Crippen LogP contribution is -2.22. The van der Waals surface area contributed by atoms with E-state index < -0.39 is 0 Å². The predicted molar refractivity (Wildman–Crippen MR) is 80.4 cm³/mol. The smallest absolute Gasteiger partial charge is 0.233 e. The second-order valence-electron chi connectivity index (χ2n) is 5.20. The van der Waals surface area contributed by atoms with Gasteiger partial charge in [0.05, 0.1) is 11.7 Å². The quantitative estimate of drug-likeness (QED) is 0.778. The van der Waals surface area contributed by atoms with Crippen molar-refractivity contribution in [2.75, 3.05) is 0 Å². The van der Waals surface area contributed by atoms with Crippen LogP contribution in [0.5, 0.6) is 0 Å². The van der Waals surface area contributed by atoms with Crippen molar-refractivity contribution < 1.29 is 4.42 Å². The molecule has 0 aliphatic rings. The number of rotatable bonds is 5. The van der Waals surface area contributed by atoms with Gasteiger partial charge in [-0.2, -0.15) is 5.10 Å². The summed E-state index contributed by atoms with van der Waals surface area (Å²) >= 11 is 0. The molecule has 0 fully saturated rings. The summed E-state index contributed by atoms with van der Waals surface area (Å²) in [5, 5.41) is 15.5. The van der Waals surface area contributed by atoms with Gasteiger partial charge in [-0.05, 0) is 31.5 Å².